The molecule has 0 unspecified atom stereocenters. The van der Waals surface area contributed by atoms with E-state index < -0.39 is 0 Å². The highest BCUT2D eigenvalue weighted by Gasteiger charge is 1.97. The molecule has 0 aliphatic heterocycles. The van der Waals surface area contributed by atoms with Gasteiger partial charge >= 0.3 is 0 Å². The van der Waals surface area contributed by atoms with Crippen LogP contribution in [-0.4, -0.2) is 7.28 Å². The van der Waals surface area contributed by atoms with Gasteiger partial charge in [-0.25, -0.2) is 0 Å². The van der Waals surface area contributed by atoms with Crippen molar-refractivity contribution in [2.75, 3.05) is 5.73 Å². The lowest BCUT2D eigenvalue weighted by molar-refractivity contribution is 1.51. The Balaban J connectivity index is 3.14. The summed E-state index contributed by atoms with van der Waals surface area (Å²) in [6.45, 7) is 4.20. The summed E-state index contributed by atoms with van der Waals surface area (Å²) in [6.07, 6.45) is 0. The molecule has 1 rings (SSSR count). The number of rotatable bonds is 1. The van der Waals surface area contributed by atoms with Crippen LogP contribution < -0.4 is 11.2 Å². The fourth-order valence-electron chi connectivity index (χ4n) is 1.09. The Bertz CT molecular complexity index is 233. The lowest BCUT2D eigenvalue weighted by atomic mass is 9.71. The highest BCUT2D eigenvalue weighted by molar-refractivity contribution is 6.52. The Morgan fingerprint density at radius 1 is 1.40 bits per heavy atom. The average Bonchev–Trinajstić information content (AvgIpc) is 1.95. The molecule has 0 heterocycles. The fraction of sp³-hybridized carbons (Fsp3) is 0.250. The van der Waals surface area contributed by atoms with Crippen LogP contribution in [0.2, 0.25) is 6.82 Å². The van der Waals surface area contributed by atoms with Crippen LogP contribution in [0.3, 0.4) is 0 Å². The minimum absolute atomic E-state index is 0.902. The molecule has 0 fully saturated rings. The first-order chi connectivity index (χ1) is 4.75. The molecule has 0 atom stereocenters. The molecule has 0 saturated heterocycles. The summed E-state index contributed by atoms with van der Waals surface area (Å²) in [5, 5.41) is 0. The SMILES string of the molecule is CBc1cccc(N)c1C. The van der Waals surface area contributed by atoms with Gasteiger partial charge in [-0.2, -0.15) is 0 Å². The molecule has 0 aliphatic rings. The number of benzene rings is 1. The molecule has 1 aromatic carbocycles. The molecule has 0 saturated carbocycles. The van der Waals surface area contributed by atoms with E-state index in [2.05, 4.69) is 19.8 Å². The van der Waals surface area contributed by atoms with Gasteiger partial charge in [-0.05, 0) is 18.6 Å². The molecule has 1 aromatic rings. The highest BCUT2D eigenvalue weighted by atomic mass is 14.5. The molecular weight excluding hydrogens is 121 g/mol. The topological polar surface area (TPSA) is 26.0 Å². The maximum atomic E-state index is 5.70. The van der Waals surface area contributed by atoms with Gasteiger partial charge in [0.05, 0.1) is 0 Å². The zero-order valence-electron chi connectivity index (χ0n) is 6.52. The van der Waals surface area contributed by atoms with Gasteiger partial charge in [-0.15, -0.1) is 0 Å². The molecule has 1 nitrogen and oxygen atoms in total. The molecule has 52 valence electrons. The van der Waals surface area contributed by atoms with Gasteiger partial charge in [-0.1, -0.05) is 24.4 Å². The minimum Gasteiger partial charge on any atom is -0.399 e. The normalized spacial score (nSPS) is 9.40. The zero-order valence-corrected chi connectivity index (χ0v) is 6.52. The van der Waals surface area contributed by atoms with Gasteiger partial charge in [0, 0.05) is 5.69 Å². The smallest absolute Gasteiger partial charge is 0.155 e. The van der Waals surface area contributed by atoms with E-state index in [0.717, 1.165) is 13.0 Å². The van der Waals surface area contributed by atoms with Crippen LogP contribution in [0.5, 0.6) is 0 Å². The van der Waals surface area contributed by atoms with Crippen LogP contribution in [0, 0.1) is 6.92 Å². The van der Waals surface area contributed by atoms with Gasteiger partial charge in [0.15, 0.2) is 7.28 Å². The van der Waals surface area contributed by atoms with E-state index in [4.69, 9.17) is 5.73 Å². The predicted octanol–water partition coefficient (Wildman–Crippen LogP) is 0.687. The molecule has 10 heavy (non-hydrogen) atoms. The molecular formula is C8H12BN. The van der Waals surface area contributed by atoms with E-state index in [-0.39, 0.29) is 0 Å². The number of nitrogen functional groups attached to an aromatic ring is 1. The molecule has 2 N–H and O–H groups in total. The monoisotopic (exact) mass is 133 g/mol. The van der Waals surface area contributed by atoms with E-state index in [9.17, 15) is 0 Å². The summed E-state index contributed by atoms with van der Waals surface area (Å²) in [4.78, 5) is 0. The largest absolute Gasteiger partial charge is 0.399 e. The third kappa shape index (κ3) is 1.15. The Labute approximate surface area is 62.5 Å². The third-order valence-electron chi connectivity index (χ3n) is 1.87. The van der Waals surface area contributed by atoms with Gasteiger partial charge in [0.2, 0.25) is 0 Å². The van der Waals surface area contributed by atoms with Gasteiger partial charge in [-0.3, -0.25) is 0 Å². The summed E-state index contributed by atoms with van der Waals surface area (Å²) in [5.41, 5.74) is 9.17. The maximum absolute atomic E-state index is 5.70. The maximum Gasteiger partial charge on any atom is 0.155 e. The first kappa shape index (κ1) is 7.20. The van der Waals surface area contributed by atoms with Crippen LogP contribution >= 0.6 is 0 Å². The van der Waals surface area contributed by atoms with E-state index in [0.29, 0.717) is 0 Å². The van der Waals surface area contributed by atoms with Crippen LogP contribution in [0.15, 0.2) is 18.2 Å². The summed E-state index contributed by atoms with van der Waals surface area (Å²) in [6, 6.07) is 6.06. The van der Waals surface area contributed by atoms with Crippen molar-refractivity contribution in [2.45, 2.75) is 13.7 Å². The number of nitrogens with two attached hydrogens (primary N) is 1. The lowest BCUT2D eigenvalue weighted by Gasteiger charge is -2.03. The summed E-state index contributed by atoms with van der Waals surface area (Å²) < 4.78 is 0. The second kappa shape index (κ2) is 2.78. The van der Waals surface area contributed by atoms with Crippen molar-refractivity contribution in [3.05, 3.63) is 23.8 Å². The van der Waals surface area contributed by atoms with E-state index in [1.807, 2.05) is 12.1 Å². The molecule has 0 bridgehead atoms. The lowest BCUT2D eigenvalue weighted by Crippen LogP contribution is -2.15. The first-order valence-corrected chi connectivity index (χ1v) is 3.59. The van der Waals surface area contributed by atoms with Crippen molar-refractivity contribution in [3.63, 3.8) is 0 Å². The second-order valence-corrected chi connectivity index (χ2v) is 2.48. The zero-order chi connectivity index (χ0) is 7.56. The number of hydrogen-bond acceptors (Lipinski definition) is 1. The molecule has 0 amide bonds. The van der Waals surface area contributed by atoms with Crippen molar-refractivity contribution in [1.29, 1.82) is 0 Å². The molecule has 0 spiro atoms. The Hall–Kier alpha value is -0.915. The van der Waals surface area contributed by atoms with Crippen molar-refractivity contribution in [3.8, 4) is 0 Å². The van der Waals surface area contributed by atoms with Crippen molar-refractivity contribution < 1.29 is 0 Å². The second-order valence-electron chi connectivity index (χ2n) is 2.48. The quantitative estimate of drug-likeness (QED) is 0.442. The van der Waals surface area contributed by atoms with Gasteiger partial charge in [0.25, 0.3) is 0 Å². The summed E-state index contributed by atoms with van der Waals surface area (Å²) in [5.74, 6) is 0. The average molecular weight is 133 g/mol. The highest BCUT2D eigenvalue weighted by Crippen LogP contribution is 2.04. The van der Waals surface area contributed by atoms with E-state index in [1.165, 1.54) is 11.0 Å². The molecule has 0 aliphatic carbocycles. The fourth-order valence-corrected chi connectivity index (χ4v) is 1.09. The Kier molecular flexibility index (Phi) is 2.00. The Morgan fingerprint density at radius 3 is 2.60 bits per heavy atom. The molecule has 2 heteroatoms. The minimum atomic E-state index is 0.902. The van der Waals surface area contributed by atoms with Crippen LogP contribution in [0.1, 0.15) is 5.56 Å². The number of hydrogen-bond donors (Lipinski definition) is 1. The predicted molar refractivity (Wildman–Crippen MR) is 48.2 cm³/mol. The summed E-state index contributed by atoms with van der Waals surface area (Å²) in [7, 11) is 1.07. The standard InChI is InChI=1S/C8H12BN/c1-6-7(9-2)4-3-5-8(6)10/h3-5,9H,10H2,1-2H3. The van der Waals surface area contributed by atoms with Crippen LogP contribution in [-0.2, 0) is 0 Å². The van der Waals surface area contributed by atoms with Gasteiger partial charge in [0.1, 0.15) is 0 Å². The van der Waals surface area contributed by atoms with Crippen molar-refractivity contribution in [1.82, 2.24) is 0 Å². The van der Waals surface area contributed by atoms with Crippen LogP contribution in [0.4, 0.5) is 5.69 Å². The van der Waals surface area contributed by atoms with Crippen molar-refractivity contribution in [2.24, 2.45) is 0 Å². The summed E-state index contributed by atoms with van der Waals surface area (Å²) >= 11 is 0. The van der Waals surface area contributed by atoms with Crippen LogP contribution in [0.25, 0.3) is 0 Å². The third-order valence-corrected chi connectivity index (χ3v) is 1.87. The van der Waals surface area contributed by atoms with Crippen molar-refractivity contribution >= 4 is 18.4 Å². The molecule has 0 radical (unpaired) electrons. The Morgan fingerprint density at radius 2 is 2.10 bits per heavy atom. The van der Waals surface area contributed by atoms with E-state index in [1.54, 1.807) is 0 Å². The van der Waals surface area contributed by atoms with Gasteiger partial charge < -0.3 is 5.73 Å². The van der Waals surface area contributed by atoms with E-state index >= 15 is 0 Å². The number of anilines is 1. The first-order valence-electron chi connectivity index (χ1n) is 3.59. The molecule has 0 aromatic heterocycles.